The number of sulfonamides is 1. The summed E-state index contributed by atoms with van der Waals surface area (Å²) in [6, 6.07) is 9.33. The highest BCUT2D eigenvalue weighted by Gasteiger charge is 2.19. The number of amides is 2. The van der Waals surface area contributed by atoms with Crippen LogP contribution in [0.5, 0.6) is 0 Å². The normalized spacial score (nSPS) is 10.9. The van der Waals surface area contributed by atoms with Crippen LogP contribution in [0.15, 0.2) is 45.8 Å². The molecular weight excluding hydrogens is 318 g/mol. The van der Waals surface area contributed by atoms with Gasteiger partial charge < -0.3 is 4.90 Å². The lowest BCUT2D eigenvalue weighted by molar-refractivity contribution is 0.225. The van der Waals surface area contributed by atoms with Gasteiger partial charge in [0.2, 0.25) is 0 Å². The van der Waals surface area contributed by atoms with Crippen LogP contribution in [0.1, 0.15) is 0 Å². The van der Waals surface area contributed by atoms with Gasteiger partial charge in [-0.25, -0.2) is 13.2 Å². The molecule has 0 aliphatic carbocycles. The van der Waals surface area contributed by atoms with E-state index in [1.807, 2.05) is 0 Å². The smallest absolute Gasteiger partial charge is 0.323 e. The standard InChI is InChI=1S/C14H15N5O3S/c1-18(2)14(20)19(3)12-8-4-7-11-10(12)6-5-9-13(11)23(21,22)17-16-15/h4-9H,1-3H3. The Kier molecular flexibility index (Phi) is 4.44. The molecule has 0 bridgehead atoms. The van der Waals surface area contributed by atoms with Crippen LogP contribution in [-0.4, -0.2) is 40.5 Å². The Morgan fingerprint density at radius 3 is 2.30 bits per heavy atom. The van der Waals surface area contributed by atoms with Crippen molar-refractivity contribution in [3.8, 4) is 0 Å². The van der Waals surface area contributed by atoms with Crippen molar-refractivity contribution in [2.24, 2.45) is 4.52 Å². The van der Waals surface area contributed by atoms with Crippen molar-refractivity contribution >= 4 is 32.5 Å². The number of carbonyl (C=O) groups is 1. The predicted molar refractivity (Wildman–Crippen MR) is 87.8 cm³/mol. The number of hydrogen-bond acceptors (Lipinski definition) is 3. The minimum atomic E-state index is -4.12. The highest BCUT2D eigenvalue weighted by molar-refractivity contribution is 7.90. The second-order valence-electron chi connectivity index (χ2n) is 5.01. The van der Waals surface area contributed by atoms with Gasteiger partial charge in [-0.2, -0.15) is 0 Å². The fraction of sp³-hybridized carbons (Fsp3) is 0.214. The molecule has 0 saturated heterocycles. The number of azide groups is 1. The van der Waals surface area contributed by atoms with Crippen LogP contribution >= 0.6 is 0 Å². The van der Waals surface area contributed by atoms with Crippen LogP contribution < -0.4 is 4.90 Å². The molecule has 120 valence electrons. The van der Waals surface area contributed by atoms with E-state index < -0.39 is 10.0 Å². The number of anilines is 1. The molecule has 0 saturated carbocycles. The summed E-state index contributed by atoms with van der Waals surface area (Å²) < 4.78 is 27.0. The van der Waals surface area contributed by atoms with Crippen LogP contribution in [0.4, 0.5) is 10.5 Å². The van der Waals surface area contributed by atoms with Gasteiger partial charge in [0.05, 0.1) is 10.6 Å². The van der Waals surface area contributed by atoms with Crippen molar-refractivity contribution in [3.05, 3.63) is 46.8 Å². The van der Waals surface area contributed by atoms with E-state index in [0.717, 1.165) is 0 Å². The maximum absolute atomic E-state index is 12.1. The molecule has 0 N–H and O–H groups in total. The molecule has 2 aromatic carbocycles. The van der Waals surface area contributed by atoms with Crippen molar-refractivity contribution in [1.29, 1.82) is 0 Å². The van der Waals surface area contributed by atoms with E-state index in [1.54, 1.807) is 51.5 Å². The lowest BCUT2D eigenvalue weighted by Gasteiger charge is -2.23. The van der Waals surface area contributed by atoms with Gasteiger partial charge in [0, 0.05) is 41.3 Å². The van der Waals surface area contributed by atoms with Crippen LogP contribution in [-0.2, 0) is 10.0 Å². The quantitative estimate of drug-likeness (QED) is 0.489. The van der Waals surface area contributed by atoms with Gasteiger partial charge in [-0.1, -0.05) is 24.3 Å². The molecule has 2 aromatic rings. The minimum absolute atomic E-state index is 0.0969. The third-order valence-electron chi connectivity index (χ3n) is 3.31. The summed E-state index contributed by atoms with van der Waals surface area (Å²) in [6.45, 7) is 0. The Balaban J connectivity index is 2.74. The largest absolute Gasteiger partial charge is 0.330 e. The Morgan fingerprint density at radius 1 is 1.09 bits per heavy atom. The molecule has 0 fully saturated rings. The summed E-state index contributed by atoms with van der Waals surface area (Å²) >= 11 is 0. The maximum Gasteiger partial charge on any atom is 0.323 e. The molecule has 0 atom stereocenters. The third kappa shape index (κ3) is 3.05. The maximum atomic E-state index is 12.1. The number of fused-ring (bicyclic) bond motifs is 1. The van der Waals surface area contributed by atoms with E-state index in [2.05, 4.69) is 9.43 Å². The first kappa shape index (κ1) is 16.6. The Morgan fingerprint density at radius 2 is 1.70 bits per heavy atom. The fourth-order valence-corrected chi connectivity index (χ4v) is 3.17. The number of hydrogen-bond donors (Lipinski definition) is 0. The number of nitrogens with zero attached hydrogens (tertiary/aromatic N) is 5. The molecule has 0 aromatic heterocycles. The van der Waals surface area contributed by atoms with Crippen molar-refractivity contribution in [3.63, 3.8) is 0 Å². The van der Waals surface area contributed by atoms with Crippen LogP contribution in [0.2, 0.25) is 0 Å². The van der Waals surface area contributed by atoms with Gasteiger partial charge in [-0.05, 0) is 17.7 Å². The van der Waals surface area contributed by atoms with Gasteiger partial charge in [-0.3, -0.25) is 4.90 Å². The summed E-state index contributed by atoms with van der Waals surface area (Å²) in [4.78, 5) is 17.2. The molecule has 2 amide bonds. The summed E-state index contributed by atoms with van der Waals surface area (Å²) in [6.07, 6.45) is 0. The molecule has 8 nitrogen and oxygen atoms in total. The zero-order valence-corrected chi connectivity index (χ0v) is 13.6. The average molecular weight is 333 g/mol. The predicted octanol–water partition coefficient (Wildman–Crippen LogP) is 2.96. The molecule has 0 spiro atoms. The molecular formula is C14H15N5O3S. The molecule has 23 heavy (non-hydrogen) atoms. The first-order valence-corrected chi connectivity index (χ1v) is 8.01. The summed E-state index contributed by atoms with van der Waals surface area (Å²) in [5.74, 6) is 0. The van der Waals surface area contributed by atoms with Gasteiger partial charge >= 0.3 is 6.03 Å². The number of urea groups is 1. The second-order valence-corrected chi connectivity index (χ2v) is 6.56. The lowest BCUT2D eigenvalue weighted by Crippen LogP contribution is -2.36. The van der Waals surface area contributed by atoms with E-state index >= 15 is 0 Å². The second kappa shape index (κ2) is 6.15. The minimum Gasteiger partial charge on any atom is -0.330 e. The van der Waals surface area contributed by atoms with E-state index in [4.69, 9.17) is 5.53 Å². The van der Waals surface area contributed by atoms with Crippen LogP contribution in [0, 0.1) is 0 Å². The first-order valence-electron chi connectivity index (χ1n) is 6.57. The zero-order valence-electron chi connectivity index (χ0n) is 12.8. The van der Waals surface area contributed by atoms with Crippen molar-refractivity contribution < 1.29 is 13.2 Å². The number of rotatable bonds is 3. The Labute approximate surface area is 133 Å². The van der Waals surface area contributed by atoms with Crippen molar-refractivity contribution in [2.75, 3.05) is 26.0 Å². The topological polar surface area (TPSA) is 106 Å². The third-order valence-corrected chi connectivity index (χ3v) is 4.51. The van der Waals surface area contributed by atoms with Gasteiger partial charge in [0.25, 0.3) is 10.0 Å². The molecule has 0 radical (unpaired) electrons. The van der Waals surface area contributed by atoms with Crippen LogP contribution in [0.25, 0.3) is 21.2 Å². The molecule has 0 aliphatic rings. The van der Waals surface area contributed by atoms with E-state index in [9.17, 15) is 13.2 Å². The number of benzene rings is 2. The summed E-state index contributed by atoms with van der Waals surface area (Å²) in [5.41, 5.74) is 8.99. The molecule has 9 heteroatoms. The van der Waals surface area contributed by atoms with Crippen LogP contribution in [0.3, 0.4) is 0 Å². The van der Waals surface area contributed by atoms with E-state index in [0.29, 0.717) is 16.5 Å². The summed E-state index contributed by atoms with van der Waals surface area (Å²) in [7, 11) is 0.734. The highest BCUT2D eigenvalue weighted by atomic mass is 32.2. The van der Waals surface area contributed by atoms with Gasteiger partial charge in [0.1, 0.15) is 0 Å². The number of carbonyl (C=O) groups excluding carboxylic acids is 1. The zero-order chi connectivity index (χ0) is 17.2. The molecule has 0 unspecified atom stereocenters. The monoisotopic (exact) mass is 333 g/mol. The lowest BCUT2D eigenvalue weighted by atomic mass is 10.1. The van der Waals surface area contributed by atoms with Crippen molar-refractivity contribution in [1.82, 2.24) is 4.90 Å². The van der Waals surface area contributed by atoms with E-state index in [-0.39, 0.29) is 10.9 Å². The molecule has 2 rings (SSSR count). The molecule has 0 aliphatic heterocycles. The highest BCUT2D eigenvalue weighted by Crippen LogP contribution is 2.31. The fourth-order valence-electron chi connectivity index (χ4n) is 2.28. The van der Waals surface area contributed by atoms with Gasteiger partial charge in [0.15, 0.2) is 0 Å². The summed E-state index contributed by atoms with van der Waals surface area (Å²) in [5, 5.41) is 0.954. The Hall–Kier alpha value is -2.77. The van der Waals surface area contributed by atoms with Gasteiger partial charge in [-0.15, -0.1) is 0 Å². The first-order chi connectivity index (χ1) is 10.8. The van der Waals surface area contributed by atoms with Crippen molar-refractivity contribution in [2.45, 2.75) is 4.90 Å². The SMILES string of the molecule is CN(C)C(=O)N(C)c1cccc2c(S(=O)(=O)N=[N+]=[N-])cccc12. The average Bonchev–Trinajstić information content (AvgIpc) is 2.52. The molecule has 0 heterocycles. The van der Waals surface area contributed by atoms with E-state index in [1.165, 1.54) is 15.9 Å². The Bertz CT molecular complexity index is 917.